The molecule has 0 aliphatic heterocycles. The third-order valence-electron chi connectivity index (χ3n) is 5.32. The Balaban J connectivity index is 0.00000729. The lowest BCUT2D eigenvalue weighted by Crippen LogP contribution is -3.00. The van der Waals surface area contributed by atoms with E-state index < -0.39 is 0 Å². The van der Waals surface area contributed by atoms with E-state index in [1.54, 1.807) is 0 Å². The van der Waals surface area contributed by atoms with Crippen molar-refractivity contribution < 1.29 is 26.4 Å². The Morgan fingerprint density at radius 2 is 1.79 bits per heavy atom. The van der Waals surface area contributed by atoms with Gasteiger partial charge in [-0.15, -0.1) is 0 Å². The van der Waals surface area contributed by atoms with Gasteiger partial charge >= 0.3 is 5.97 Å². The van der Waals surface area contributed by atoms with Crippen LogP contribution in [0, 0.1) is 0 Å². The van der Waals surface area contributed by atoms with Crippen molar-refractivity contribution in [2.24, 2.45) is 0 Å². The minimum absolute atomic E-state index is 0. The van der Waals surface area contributed by atoms with Crippen molar-refractivity contribution in [3.63, 3.8) is 0 Å². The number of rotatable bonds is 13. The summed E-state index contributed by atoms with van der Waals surface area (Å²) >= 11 is 3.62. The molecule has 1 aromatic rings. The molecular formula is C23H37BrClNO2. The SMILES string of the molecule is CCCCCCOC(=O)C[N+](CC)(CC)C/C=C(\C)Cc1ccccc1Br.[Cl-]. The molecule has 0 N–H and O–H groups in total. The summed E-state index contributed by atoms with van der Waals surface area (Å²) in [5.41, 5.74) is 2.63. The average molecular weight is 475 g/mol. The molecular weight excluding hydrogens is 438 g/mol. The van der Waals surface area contributed by atoms with E-state index in [1.807, 2.05) is 6.07 Å². The monoisotopic (exact) mass is 473 g/mol. The number of quaternary nitrogens is 1. The molecule has 0 atom stereocenters. The van der Waals surface area contributed by atoms with Gasteiger partial charge in [0.15, 0.2) is 6.54 Å². The van der Waals surface area contributed by atoms with Crippen LogP contribution in [-0.4, -0.2) is 43.2 Å². The second-order valence-electron chi connectivity index (χ2n) is 7.41. The van der Waals surface area contributed by atoms with E-state index >= 15 is 0 Å². The summed E-state index contributed by atoms with van der Waals surface area (Å²) in [5, 5.41) is 0. The van der Waals surface area contributed by atoms with Crippen molar-refractivity contribution in [3.8, 4) is 0 Å². The van der Waals surface area contributed by atoms with Crippen LogP contribution >= 0.6 is 15.9 Å². The summed E-state index contributed by atoms with van der Waals surface area (Å²) in [6.45, 7) is 12.4. The molecule has 28 heavy (non-hydrogen) atoms. The lowest BCUT2D eigenvalue weighted by Gasteiger charge is -2.35. The van der Waals surface area contributed by atoms with Crippen LogP contribution in [0.15, 0.2) is 40.4 Å². The summed E-state index contributed by atoms with van der Waals surface area (Å²) < 4.78 is 7.38. The Hall–Kier alpha value is -0.840. The Bertz CT molecular complexity index is 600. The molecule has 0 aliphatic carbocycles. The highest BCUT2D eigenvalue weighted by atomic mass is 79.9. The van der Waals surface area contributed by atoms with Crippen molar-refractivity contribution in [1.82, 2.24) is 0 Å². The molecule has 0 aliphatic rings. The fourth-order valence-corrected chi connectivity index (χ4v) is 3.59. The highest BCUT2D eigenvalue weighted by Gasteiger charge is 2.26. The third kappa shape index (κ3) is 10.1. The molecule has 5 heteroatoms. The van der Waals surface area contributed by atoms with Crippen molar-refractivity contribution in [1.29, 1.82) is 0 Å². The Morgan fingerprint density at radius 3 is 2.39 bits per heavy atom. The van der Waals surface area contributed by atoms with Gasteiger partial charge in [0, 0.05) is 4.47 Å². The van der Waals surface area contributed by atoms with Crippen molar-refractivity contribution in [3.05, 3.63) is 46.0 Å². The third-order valence-corrected chi connectivity index (χ3v) is 6.09. The zero-order valence-electron chi connectivity index (χ0n) is 18.0. The highest BCUT2D eigenvalue weighted by Crippen LogP contribution is 2.19. The maximum atomic E-state index is 12.3. The number of hydrogen-bond acceptors (Lipinski definition) is 2. The van der Waals surface area contributed by atoms with Crippen molar-refractivity contribution in [2.75, 3.05) is 32.8 Å². The molecule has 0 fully saturated rings. The van der Waals surface area contributed by atoms with Gasteiger partial charge in [-0.2, -0.15) is 0 Å². The fourth-order valence-electron chi connectivity index (χ4n) is 3.17. The van der Waals surface area contributed by atoms with E-state index in [9.17, 15) is 4.79 Å². The topological polar surface area (TPSA) is 26.3 Å². The van der Waals surface area contributed by atoms with E-state index in [-0.39, 0.29) is 18.4 Å². The predicted octanol–water partition coefficient (Wildman–Crippen LogP) is 2.92. The van der Waals surface area contributed by atoms with Gasteiger partial charge in [-0.3, -0.25) is 0 Å². The van der Waals surface area contributed by atoms with Gasteiger partial charge in [0.2, 0.25) is 0 Å². The molecule has 0 amide bonds. The number of unbranched alkanes of at least 4 members (excludes halogenated alkanes) is 3. The molecule has 0 heterocycles. The minimum atomic E-state index is -0.0629. The molecule has 0 bridgehead atoms. The number of hydrogen-bond donors (Lipinski definition) is 0. The standard InChI is InChI=1S/C23H37BrNO2.ClH/c1-5-8-9-12-17-27-23(26)19-25(6-2,7-3)16-15-20(4)18-21-13-10-11-14-22(21)24;/h10-11,13-15H,5-9,12,16-19H2,1-4H3;1H/q+1;/p-1/b20-15+;. The molecule has 0 aromatic heterocycles. The number of nitrogens with zero attached hydrogens (tertiary/aromatic N) is 1. The Kier molecular flexibility index (Phi) is 14.6. The zero-order chi connectivity index (χ0) is 20.1. The number of ether oxygens (including phenoxy) is 1. The smallest absolute Gasteiger partial charge is 0.361 e. The van der Waals surface area contributed by atoms with Crippen molar-refractivity contribution in [2.45, 2.75) is 59.8 Å². The van der Waals surface area contributed by atoms with Crippen LogP contribution in [0.2, 0.25) is 0 Å². The number of allylic oxidation sites excluding steroid dienone is 1. The number of benzene rings is 1. The molecule has 0 spiro atoms. The van der Waals surface area contributed by atoms with Gasteiger partial charge in [0.05, 0.1) is 26.2 Å². The van der Waals surface area contributed by atoms with E-state index in [0.29, 0.717) is 13.2 Å². The van der Waals surface area contributed by atoms with Crippen LogP contribution in [0.3, 0.4) is 0 Å². The van der Waals surface area contributed by atoms with Crippen molar-refractivity contribution >= 4 is 21.9 Å². The van der Waals surface area contributed by atoms with Gasteiger partial charge < -0.3 is 21.6 Å². The fraction of sp³-hybridized carbons (Fsp3) is 0.609. The second-order valence-corrected chi connectivity index (χ2v) is 8.27. The number of carbonyl (C=O) groups excluding carboxylic acids is 1. The predicted molar refractivity (Wildman–Crippen MR) is 118 cm³/mol. The first-order valence-corrected chi connectivity index (χ1v) is 11.2. The Labute approximate surface area is 186 Å². The normalized spacial score (nSPS) is 11.8. The number of halogens is 2. The molecule has 160 valence electrons. The summed E-state index contributed by atoms with van der Waals surface area (Å²) in [5.74, 6) is -0.0629. The van der Waals surface area contributed by atoms with E-state index in [1.165, 1.54) is 24.0 Å². The number of carbonyl (C=O) groups is 1. The minimum Gasteiger partial charge on any atom is -1.00 e. The summed E-state index contributed by atoms with van der Waals surface area (Å²) in [7, 11) is 0. The molecule has 0 radical (unpaired) electrons. The largest absolute Gasteiger partial charge is 1.00 e. The second kappa shape index (κ2) is 15.1. The van der Waals surface area contributed by atoms with E-state index in [0.717, 1.165) is 47.9 Å². The van der Waals surface area contributed by atoms with Crippen LogP contribution in [0.25, 0.3) is 0 Å². The van der Waals surface area contributed by atoms with Gasteiger partial charge in [-0.05, 0) is 51.3 Å². The zero-order valence-corrected chi connectivity index (χ0v) is 20.3. The molecule has 3 nitrogen and oxygen atoms in total. The van der Waals surface area contributed by atoms with Crippen LogP contribution in [-0.2, 0) is 16.0 Å². The summed E-state index contributed by atoms with van der Waals surface area (Å²) in [4.78, 5) is 12.3. The van der Waals surface area contributed by atoms with Gasteiger partial charge in [-0.1, -0.05) is 65.9 Å². The van der Waals surface area contributed by atoms with Crippen LogP contribution in [0.4, 0.5) is 0 Å². The van der Waals surface area contributed by atoms with Gasteiger partial charge in [0.25, 0.3) is 0 Å². The molecule has 0 unspecified atom stereocenters. The maximum Gasteiger partial charge on any atom is 0.361 e. The van der Waals surface area contributed by atoms with Gasteiger partial charge in [0.1, 0.15) is 0 Å². The molecule has 1 aromatic carbocycles. The van der Waals surface area contributed by atoms with Crippen LogP contribution in [0.5, 0.6) is 0 Å². The quantitative estimate of drug-likeness (QED) is 0.190. The first kappa shape index (κ1) is 27.2. The lowest BCUT2D eigenvalue weighted by atomic mass is 10.1. The molecule has 1 rings (SSSR count). The van der Waals surface area contributed by atoms with E-state index in [4.69, 9.17) is 4.74 Å². The van der Waals surface area contributed by atoms with Gasteiger partial charge in [-0.25, -0.2) is 4.79 Å². The number of esters is 1. The Morgan fingerprint density at radius 1 is 1.11 bits per heavy atom. The maximum absolute atomic E-state index is 12.3. The first-order valence-electron chi connectivity index (χ1n) is 10.4. The lowest BCUT2D eigenvalue weighted by molar-refractivity contribution is -0.912. The van der Waals surface area contributed by atoms with E-state index in [2.05, 4.69) is 67.9 Å². The summed E-state index contributed by atoms with van der Waals surface area (Å²) in [6, 6.07) is 8.34. The summed E-state index contributed by atoms with van der Waals surface area (Å²) in [6.07, 6.45) is 7.75. The van der Waals surface area contributed by atoms with Crippen LogP contribution in [0.1, 0.15) is 58.9 Å². The molecule has 0 saturated carbocycles. The average Bonchev–Trinajstić information content (AvgIpc) is 2.67. The molecule has 0 saturated heterocycles. The van der Waals surface area contributed by atoms with Crippen LogP contribution < -0.4 is 12.4 Å². The first-order chi connectivity index (χ1) is 13.0. The highest BCUT2D eigenvalue weighted by molar-refractivity contribution is 9.10. The number of likely N-dealkylation sites (N-methyl/N-ethyl adjacent to an activating group) is 1.